The van der Waals surface area contributed by atoms with Crippen molar-refractivity contribution in [2.24, 2.45) is 0 Å². The highest BCUT2D eigenvalue weighted by molar-refractivity contribution is 9.12. The van der Waals surface area contributed by atoms with Crippen LogP contribution in [0.4, 0.5) is 0 Å². The minimum atomic E-state index is -1.09. The van der Waals surface area contributed by atoms with Crippen LogP contribution in [0.1, 0.15) is 36.0 Å². The molecular formula is C11H11Br2NO3S. The lowest BCUT2D eigenvalue weighted by atomic mass is 9.97. The first-order valence-electron chi connectivity index (χ1n) is 5.45. The summed E-state index contributed by atoms with van der Waals surface area (Å²) < 4.78 is 1.53. The smallest absolute Gasteiger partial charge is 0.329 e. The number of carboxylic acid groups (broad SMARTS) is 1. The maximum absolute atomic E-state index is 12.1. The Morgan fingerprint density at radius 3 is 2.39 bits per heavy atom. The molecule has 1 saturated carbocycles. The van der Waals surface area contributed by atoms with Crippen LogP contribution in [0.15, 0.2) is 13.6 Å². The fraction of sp³-hybridized carbons (Fsp3) is 0.455. The SMILES string of the molecule is O=C(NC1(C(=O)O)CCCC1)c1cc(Br)sc1Br. The predicted octanol–water partition coefficient (Wildman–Crippen LogP) is 3.40. The number of rotatable bonds is 3. The summed E-state index contributed by atoms with van der Waals surface area (Å²) >= 11 is 7.99. The summed E-state index contributed by atoms with van der Waals surface area (Å²) in [5.74, 6) is -1.29. The standard InChI is InChI=1S/C11H11Br2NO3S/c12-7-5-6(8(13)18-7)9(15)14-11(10(16)17)3-1-2-4-11/h5H,1-4H2,(H,14,15)(H,16,17). The summed E-state index contributed by atoms with van der Waals surface area (Å²) in [4.78, 5) is 23.5. The van der Waals surface area contributed by atoms with Gasteiger partial charge in [-0.05, 0) is 50.8 Å². The molecule has 0 unspecified atom stereocenters. The van der Waals surface area contributed by atoms with Gasteiger partial charge in [-0.2, -0.15) is 0 Å². The monoisotopic (exact) mass is 395 g/mol. The number of hydrogen-bond acceptors (Lipinski definition) is 3. The maximum Gasteiger partial charge on any atom is 0.329 e. The molecule has 2 rings (SSSR count). The average molecular weight is 397 g/mol. The Balaban J connectivity index is 2.20. The Labute approximate surface area is 125 Å². The van der Waals surface area contributed by atoms with Crippen molar-refractivity contribution in [3.05, 3.63) is 19.2 Å². The van der Waals surface area contributed by atoms with Crippen molar-refractivity contribution in [3.63, 3.8) is 0 Å². The van der Waals surface area contributed by atoms with Crippen LogP contribution in [0.2, 0.25) is 0 Å². The van der Waals surface area contributed by atoms with E-state index in [4.69, 9.17) is 0 Å². The quantitative estimate of drug-likeness (QED) is 0.822. The van der Waals surface area contributed by atoms with Gasteiger partial charge >= 0.3 is 5.97 Å². The molecule has 1 fully saturated rings. The summed E-state index contributed by atoms with van der Waals surface area (Å²) in [5.41, 5.74) is -0.621. The molecule has 0 spiro atoms. The van der Waals surface area contributed by atoms with Crippen molar-refractivity contribution < 1.29 is 14.7 Å². The van der Waals surface area contributed by atoms with Crippen molar-refractivity contribution in [2.45, 2.75) is 31.2 Å². The van der Waals surface area contributed by atoms with Crippen LogP contribution in [0.25, 0.3) is 0 Å². The van der Waals surface area contributed by atoms with Gasteiger partial charge in [-0.3, -0.25) is 4.79 Å². The Morgan fingerprint density at radius 2 is 1.94 bits per heavy atom. The third-order valence-electron chi connectivity index (χ3n) is 3.12. The van der Waals surface area contributed by atoms with Crippen LogP contribution in [0.3, 0.4) is 0 Å². The predicted molar refractivity (Wildman–Crippen MR) is 76.0 cm³/mol. The fourth-order valence-corrected chi connectivity index (χ4v) is 4.94. The molecule has 1 aliphatic carbocycles. The lowest BCUT2D eigenvalue weighted by Gasteiger charge is -2.25. The molecule has 0 saturated heterocycles. The van der Waals surface area contributed by atoms with Gasteiger partial charge in [-0.15, -0.1) is 11.3 Å². The third kappa shape index (κ3) is 2.62. The van der Waals surface area contributed by atoms with Gasteiger partial charge in [0.1, 0.15) is 5.54 Å². The van der Waals surface area contributed by atoms with Gasteiger partial charge in [0.15, 0.2) is 0 Å². The molecule has 1 heterocycles. The van der Waals surface area contributed by atoms with Gasteiger partial charge in [0.25, 0.3) is 5.91 Å². The fourth-order valence-electron chi connectivity index (χ4n) is 2.15. The topological polar surface area (TPSA) is 66.4 Å². The minimum absolute atomic E-state index is 0.340. The normalized spacial score (nSPS) is 17.7. The molecule has 98 valence electrons. The van der Waals surface area contributed by atoms with E-state index in [2.05, 4.69) is 37.2 Å². The van der Waals surface area contributed by atoms with Crippen molar-refractivity contribution in [3.8, 4) is 0 Å². The summed E-state index contributed by atoms with van der Waals surface area (Å²) in [6.07, 6.45) is 2.66. The zero-order valence-electron chi connectivity index (χ0n) is 9.33. The van der Waals surface area contributed by atoms with E-state index >= 15 is 0 Å². The van der Waals surface area contributed by atoms with Gasteiger partial charge in [-0.25, -0.2) is 4.79 Å². The van der Waals surface area contributed by atoms with E-state index in [-0.39, 0.29) is 5.91 Å². The number of aliphatic carboxylic acids is 1. The van der Waals surface area contributed by atoms with Crippen LogP contribution < -0.4 is 5.32 Å². The van der Waals surface area contributed by atoms with Gasteiger partial charge < -0.3 is 10.4 Å². The lowest BCUT2D eigenvalue weighted by Crippen LogP contribution is -2.52. The first-order chi connectivity index (χ1) is 8.44. The first kappa shape index (κ1) is 14.0. The number of halogens is 2. The van der Waals surface area contributed by atoms with Crippen molar-refractivity contribution in [2.75, 3.05) is 0 Å². The molecular weight excluding hydrogens is 386 g/mol. The lowest BCUT2D eigenvalue weighted by molar-refractivity contribution is -0.144. The Morgan fingerprint density at radius 1 is 1.33 bits per heavy atom. The summed E-state index contributed by atoms with van der Waals surface area (Å²) in [6.45, 7) is 0. The highest BCUT2D eigenvalue weighted by atomic mass is 79.9. The molecule has 18 heavy (non-hydrogen) atoms. The second-order valence-electron chi connectivity index (χ2n) is 4.29. The molecule has 0 radical (unpaired) electrons. The second kappa shape index (κ2) is 5.30. The van der Waals surface area contributed by atoms with Crippen molar-refractivity contribution in [1.82, 2.24) is 5.32 Å². The van der Waals surface area contributed by atoms with Gasteiger partial charge in [0.2, 0.25) is 0 Å². The Bertz CT molecular complexity index is 494. The molecule has 7 heteroatoms. The first-order valence-corrected chi connectivity index (χ1v) is 7.86. The van der Waals surface area contributed by atoms with E-state index in [0.717, 1.165) is 16.6 Å². The van der Waals surface area contributed by atoms with Crippen LogP contribution >= 0.6 is 43.2 Å². The number of hydrogen-bond donors (Lipinski definition) is 2. The number of thiophene rings is 1. The van der Waals surface area contributed by atoms with E-state index in [9.17, 15) is 14.7 Å². The highest BCUT2D eigenvalue weighted by Crippen LogP contribution is 2.34. The Hall–Kier alpha value is -0.400. The second-order valence-corrected chi connectivity index (χ2v) is 8.04. The van der Waals surface area contributed by atoms with Crippen LogP contribution in [-0.2, 0) is 4.79 Å². The molecule has 0 aliphatic heterocycles. The molecule has 1 amide bonds. The van der Waals surface area contributed by atoms with E-state index in [1.54, 1.807) is 6.07 Å². The van der Waals surface area contributed by atoms with Crippen molar-refractivity contribution in [1.29, 1.82) is 0 Å². The van der Waals surface area contributed by atoms with Crippen LogP contribution in [0, 0.1) is 0 Å². The zero-order chi connectivity index (χ0) is 13.3. The number of amides is 1. The van der Waals surface area contributed by atoms with Crippen molar-refractivity contribution >= 4 is 55.1 Å². The average Bonchev–Trinajstić information content (AvgIpc) is 2.86. The summed E-state index contributed by atoms with van der Waals surface area (Å²) in [5, 5.41) is 12.0. The van der Waals surface area contributed by atoms with E-state index in [1.165, 1.54) is 11.3 Å². The molecule has 1 aromatic rings. The van der Waals surface area contributed by atoms with Gasteiger partial charge in [-0.1, -0.05) is 12.8 Å². The number of carbonyl (C=O) groups excluding carboxylic acids is 1. The molecule has 0 bridgehead atoms. The van der Waals surface area contributed by atoms with E-state index < -0.39 is 11.5 Å². The van der Waals surface area contributed by atoms with E-state index in [1.807, 2.05) is 0 Å². The zero-order valence-corrected chi connectivity index (χ0v) is 13.3. The van der Waals surface area contributed by atoms with Gasteiger partial charge in [0.05, 0.1) is 13.1 Å². The minimum Gasteiger partial charge on any atom is -0.480 e. The molecule has 4 nitrogen and oxygen atoms in total. The highest BCUT2D eigenvalue weighted by Gasteiger charge is 2.43. The molecule has 0 atom stereocenters. The molecule has 1 aliphatic rings. The molecule has 0 aromatic carbocycles. The summed E-state index contributed by atoms with van der Waals surface area (Å²) in [6, 6.07) is 1.69. The van der Waals surface area contributed by atoms with E-state index in [0.29, 0.717) is 22.2 Å². The Kier molecular flexibility index (Phi) is 4.13. The molecule has 2 N–H and O–H groups in total. The number of nitrogens with one attached hydrogen (secondary N) is 1. The van der Waals surface area contributed by atoms with Gasteiger partial charge in [0, 0.05) is 0 Å². The number of carboxylic acids is 1. The molecule has 1 aromatic heterocycles. The largest absolute Gasteiger partial charge is 0.480 e. The third-order valence-corrected chi connectivity index (χ3v) is 5.46. The summed E-state index contributed by atoms with van der Waals surface area (Å²) in [7, 11) is 0. The number of carbonyl (C=O) groups is 2. The van der Waals surface area contributed by atoms with Crippen LogP contribution in [0.5, 0.6) is 0 Å². The van der Waals surface area contributed by atoms with Crippen LogP contribution in [-0.4, -0.2) is 22.5 Å². The maximum atomic E-state index is 12.1.